The number of nitrogens with zero attached hydrogens (tertiary/aromatic N) is 4. The van der Waals surface area contributed by atoms with Crippen molar-refractivity contribution >= 4 is 11.8 Å². The standard InChI is InChI=1S/C21H26N4O2/c1-14-20(21(27)23(2)3)25-11-10-24(13-18(25)22-14)19(26)12-16-9-8-15-6-4-5-7-17(15)16/h4-7,16H,8-13H2,1-3H3. The number of amides is 2. The minimum Gasteiger partial charge on any atom is -0.343 e. The molecule has 1 aliphatic heterocycles. The number of hydrogen-bond donors (Lipinski definition) is 0. The van der Waals surface area contributed by atoms with Crippen molar-refractivity contribution in [1.82, 2.24) is 19.4 Å². The van der Waals surface area contributed by atoms with Crippen LogP contribution in [0.5, 0.6) is 0 Å². The smallest absolute Gasteiger partial charge is 0.271 e. The Labute approximate surface area is 159 Å². The van der Waals surface area contributed by atoms with E-state index in [1.807, 2.05) is 16.4 Å². The number of fused-ring (bicyclic) bond motifs is 2. The van der Waals surface area contributed by atoms with E-state index < -0.39 is 0 Å². The fourth-order valence-corrected chi connectivity index (χ4v) is 4.36. The first-order valence-electron chi connectivity index (χ1n) is 9.59. The van der Waals surface area contributed by atoms with Gasteiger partial charge >= 0.3 is 0 Å². The van der Waals surface area contributed by atoms with Gasteiger partial charge in [-0.2, -0.15) is 0 Å². The maximum atomic E-state index is 12.9. The van der Waals surface area contributed by atoms with Crippen molar-refractivity contribution in [2.75, 3.05) is 20.6 Å². The summed E-state index contributed by atoms with van der Waals surface area (Å²) in [7, 11) is 3.50. The summed E-state index contributed by atoms with van der Waals surface area (Å²) in [5, 5.41) is 0. The predicted molar refractivity (Wildman–Crippen MR) is 103 cm³/mol. The van der Waals surface area contributed by atoms with E-state index in [2.05, 4.69) is 29.2 Å². The molecule has 0 fully saturated rings. The fraction of sp³-hybridized carbons (Fsp3) is 0.476. The first-order valence-corrected chi connectivity index (χ1v) is 9.59. The van der Waals surface area contributed by atoms with Gasteiger partial charge in [0.2, 0.25) is 5.91 Å². The SMILES string of the molecule is Cc1nc2n(c1C(=O)N(C)C)CCN(C(=O)CC1CCc3ccccc31)C2. The van der Waals surface area contributed by atoms with Gasteiger partial charge in [0.25, 0.3) is 5.91 Å². The highest BCUT2D eigenvalue weighted by Crippen LogP contribution is 2.35. The van der Waals surface area contributed by atoms with Crippen molar-refractivity contribution in [2.45, 2.75) is 45.2 Å². The zero-order valence-corrected chi connectivity index (χ0v) is 16.2. The van der Waals surface area contributed by atoms with Crippen LogP contribution in [0.25, 0.3) is 0 Å². The van der Waals surface area contributed by atoms with Crippen LogP contribution in [0, 0.1) is 6.92 Å². The third-order valence-electron chi connectivity index (χ3n) is 5.79. The molecule has 6 heteroatoms. The number of aromatic nitrogens is 2. The summed E-state index contributed by atoms with van der Waals surface area (Å²) < 4.78 is 1.98. The lowest BCUT2D eigenvalue weighted by Crippen LogP contribution is -2.40. The Bertz CT molecular complexity index is 900. The summed E-state index contributed by atoms with van der Waals surface area (Å²) in [6, 6.07) is 8.46. The molecule has 2 aromatic rings. The molecule has 0 saturated carbocycles. The molecule has 1 unspecified atom stereocenters. The summed E-state index contributed by atoms with van der Waals surface area (Å²) in [6.07, 6.45) is 2.67. The lowest BCUT2D eigenvalue weighted by Gasteiger charge is -2.29. The van der Waals surface area contributed by atoms with Gasteiger partial charge in [-0.1, -0.05) is 24.3 Å². The predicted octanol–water partition coefficient (Wildman–Crippen LogP) is 2.36. The quantitative estimate of drug-likeness (QED) is 0.838. The molecule has 0 N–H and O–H groups in total. The van der Waals surface area contributed by atoms with Crippen molar-refractivity contribution in [3.63, 3.8) is 0 Å². The highest BCUT2D eigenvalue weighted by Gasteiger charge is 2.31. The van der Waals surface area contributed by atoms with Crippen molar-refractivity contribution in [2.24, 2.45) is 0 Å². The summed E-state index contributed by atoms with van der Waals surface area (Å²) in [5.74, 6) is 1.28. The summed E-state index contributed by atoms with van der Waals surface area (Å²) in [6.45, 7) is 3.60. The molecule has 0 bridgehead atoms. The highest BCUT2D eigenvalue weighted by molar-refractivity contribution is 5.93. The maximum absolute atomic E-state index is 12.9. The van der Waals surface area contributed by atoms with E-state index in [4.69, 9.17) is 0 Å². The van der Waals surface area contributed by atoms with E-state index in [1.54, 1.807) is 19.0 Å². The average molecular weight is 366 g/mol. The van der Waals surface area contributed by atoms with Crippen LogP contribution in [0.15, 0.2) is 24.3 Å². The Morgan fingerprint density at radius 1 is 1.22 bits per heavy atom. The van der Waals surface area contributed by atoms with Gasteiger partial charge in [0.1, 0.15) is 11.5 Å². The largest absolute Gasteiger partial charge is 0.343 e. The number of imidazole rings is 1. The molecule has 0 spiro atoms. The van der Waals surface area contributed by atoms with E-state index in [-0.39, 0.29) is 11.8 Å². The monoisotopic (exact) mass is 366 g/mol. The Hall–Kier alpha value is -2.63. The van der Waals surface area contributed by atoms with Crippen LogP contribution in [0.2, 0.25) is 0 Å². The molecule has 1 aliphatic carbocycles. The molecule has 4 rings (SSSR count). The number of carbonyl (C=O) groups excluding carboxylic acids is 2. The first-order chi connectivity index (χ1) is 13.0. The molecule has 27 heavy (non-hydrogen) atoms. The minimum absolute atomic E-state index is 0.0337. The second kappa shape index (κ2) is 6.83. The molecular formula is C21H26N4O2. The Balaban J connectivity index is 1.48. The molecular weight excluding hydrogens is 340 g/mol. The van der Waals surface area contributed by atoms with Gasteiger partial charge in [0.05, 0.1) is 12.2 Å². The molecule has 0 saturated heterocycles. The molecule has 2 amide bonds. The molecule has 2 heterocycles. The topological polar surface area (TPSA) is 58.4 Å². The van der Waals surface area contributed by atoms with Gasteiger partial charge in [-0.25, -0.2) is 4.98 Å². The van der Waals surface area contributed by atoms with Gasteiger partial charge in [0, 0.05) is 33.6 Å². The fourth-order valence-electron chi connectivity index (χ4n) is 4.36. The van der Waals surface area contributed by atoms with Crippen molar-refractivity contribution in [1.29, 1.82) is 0 Å². The lowest BCUT2D eigenvalue weighted by atomic mass is 9.97. The molecule has 1 atom stereocenters. The molecule has 142 valence electrons. The van der Waals surface area contributed by atoms with Gasteiger partial charge in [0.15, 0.2) is 0 Å². The van der Waals surface area contributed by atoms with Gasteiger partial charge < -0.3 is 14.4 Å². The zero-order chi connectivity index (χ0) is 19.1. The van der Waals surface area contributed by atoms with Crippen molar-refractivity contribution in [3.8, 4) is 0 Å². The van der Waals surface area contributed by atoms with Crippen molar-refractivity contribution < 1.29 is 9.59 Å². The van der Waals surface area contributed by atoms with Crippen LogP contribution >= 0.6 is 0 Å². The number of benzene rings is 1. The third-order valence-corrected chi connectivity index (χ3v) is 5.79. The van der Waals surface area contributed by atoms with Crippen LogP contribution in [-0.2, 0) is 24.3 Å². The van der Waals surface area contributed by atoms with E-state index in [1.165, 1.54) is 11.1 Å². The molecule has 6 nitrogen and oxygen atoms in total. The number of carbonyl (C=O) groups is 2. The number of hydrogen-bond acceptors (Lipinski definition) is 3. The minimum atomic E-state index is -0.0337. The maximum Gasteiger partial charge on any atom is 0.271 e. The van der Waals surface area contributed by atoms with E-state index in [9.17, 15) is 9.59 Å². The van der Waals surface area contributed by atoms with Crippen LogP contribution in [-0.4, -0.2) is 51.8 Å². The first kappa shape index (κ1) is 17.8. The summed E-state index contributed by atoms with van der Waals surface area (Å²) in [4.78, 5) is 33.4. The Morgan fingerprint density at radius 2 is 2.00 bits per heavy atom. The molecule has 1 aromatic carbocycles. The Kier molecular flexibility index (Phi) is 4.50. The van der Waals surface area contributed by atoms with E-state index in [0.29, 0.717) is 37.7 Å². The second-order valence-electron chi connectivity index (χ2n) is 7.77. The van der Waals surface area contributed by atoms with Crippen LogP contribution in [0.1, 0.15) is 51.9 Å². The summed E-state index contributed by atoms with van der Waals surface area (Å²) in [5.41, 5.74) is 4.10. The second-order valence-corrected chi connectivity index (χ2v) is 7.77. The van der Waals surface area contributed by atoms with Gasteiger partial charge in [-0.05, 0) is 36.8 Å². The molecule has 2 aliphatic rings. The number of rotatable bonds is 3. The average Bonchev–Trinajstić information content (AvgIpc) is 3.20. The molecule has 1 aromatic heterocycles. The third kappa shape index (κ3) is 3.13. The number of aryl methyl sites for hydroxylation is 2. The molecule has 0 radical (unpaired) electrons. The lowest BCUT2D eigenvalue weighted by molar-refractivity contribution is -0.133. The zero-order valence-electron chi connectivity index (χ0n) is 16.2. The van der Waals surface area contributed by atoms with E-state index >= 15 is 0 Å². The summed E-state index contributed by atoms with van der Waals surface area (Å²) >= 11 is 0. The van der Waals surface area contributed by atoms with Crippen molar-refractivity contribution in [3.05, 3.63) is 52.6 Å². The van der Waals surface area contributed by atoms with Gasteiger partial charge in [-0.3, -0.25) is 9.59 Å². The van der Waals surface area contributed by atoms with Crippen LogP contribution < -0.4 is 0 Å². The van der Waals surface area contributed by atoms with Gasteiger partial charge in [-0.15, -0.1) is 0 Å². The van der Waals surface area contributed by atoms with E-state index in [0.717, 1.165) is 24.4 Å². The highest BCUT2D eigenvalue weighted by atomic mass is 16.2. The Morgan fingerprint density at radius 3 is 2.78 bits per heavy atom. The van der Waals surface area contributed by atoms with Crippen LogP contribution in [0.4, 0.5) is 0 Å². The van der Waals surface area contributed by atoms with Crippen LogP contribution in [0.3, 0.4) is 0 Å². The normalized spacial score (nSPS) is 18.2.